The molecule has 0 spiro atoms. The highest BCUT2D eigenvalue weighted by molar-refractivity contribution is 6.22. The molecule has 0 N–H and O–H groups in total. The van der Waals surface area contributed by atoms with E-state index in [0.29, 0.717) is 0 Å². The zero-order chi connectivity index (χ0) is 35.3. The Morgan fingerprint density at radius 1 is 0.283 bits per heavy atom. The first-order chi connectivity index (χ1) is 26.1. The van der Waals surface area contributed by atoms with Crippen molar-refractivity contribution in [2.75, 3.05) is 0 Å². The maximum atomic E-state index is 2.42. The number of benzene rings is 10. The minimum atomic E-state index is -0.175. The van der Waals surface area contributed by atoms with Crippen LogP contribution in [0.5, 0.6) is 0 Å². The fourth-order valence-electron chi connectivity index (χ4n) is 9.79. The molecule has 248 valence electrons. The van der Waals surface area contributed by atoms with Crippen molar-refractivity contribution in [1.82, 2.24) is 0 Å². The molecule has 1 aliphatic rings. The van der Waals surface area contributed by atoms with Gasteiger partial charge in [-0.3, -0.25) is 0 Å². The van der Waals surface area contributed by atoms with E-state index >= 15 is 0 Å². The third-order valence-corrected chi connectivity index (χ3v) is 12.0. The molecule has 1 aliphatic carbocycles. The molecule has 0 aliphatic heterocycles. The molecule has 0 nitrogen and oxygen atoms in total. The minimum absolute atomic E-state index is 0.175. The van der Waals surface area contributed by atoms with Crippen molar-refractivity contribution >= 4 is 53.9 Å². The van der Waals surface area contributed by atoms with Gasteiger partial charge < -0.3 is 0 Å². The van der Waals surface area contributed by atoms with Gasteiger partial charge in [-0.15, -0.1) is 0 Å². The van der Waals surface area contributed by atoms with Gasteiger partial charge in [-0.25, -0.2) is 0 Å². The normalized spacial score (nSPS) is 13.2. The van der Waals surface area contributed by atoms with Crippen molar-refractivity contribution in [3.8, 4) is 44.5 Å². The smallest absolute Gasteiger partial charge is 0.0171 e. The molecular weight excluding hydrogens is 637 g/mol. The van der Waals surface area contributed by atoms with Crippen molar-refractivity contribution in [2.24, 2.45) is 0 Å². The fraction of sp³-hybridized carbons (Fsp3) is 0.0566. The average Bonchev–Trinajstić information content (AvgIpc) is 3.46. The fourth-order valence-corrected chi connectivity index (χ4v) is 9.79. The number of hydrogen-bond donors (Lipinski definition) is 0. The van der Waals surface area contributed by atoms with Crippen LogP contribution in [0.3, 0.4) is 0 Å². The van der Waals surface area contributed by atoms with E-state index in [9.17, 15) is 0 Å². The van der Waals surface area contributed by atoms with Crippen molar-refractivity contribution in [2.45, 2.75) is 19.3 Å². The van der Waals surface area contributed by atoms with Crippen LogP contribution in [0.2, 0.25) is 0 Å². The maximum Gasteiger partial charge on any atom is 0.0171 e. The van der Waals surface area contributed by atoms with Crippen LogP contribution >= 0.6 is 0 Å². The van der Waals surface area contributed by atoms with Gasteiger partial charge in [0, 0.05) is 5.41 Å². The van der Waals surface area contributed by atoms with Gasteiger partial charge in [0.05, 0.1) is 0 Å². The summed E-state index contributed by atoms with van der Waals surface area (Å²) < 4.78 is 0. The molecule has 53 heavy (non-hydrogen) atoms. The van der Waals surface area contributed by atoms with Crippen molar-refractivity contribution < 1.29 is 0 Å². The van der Waals surface area contributed by atoms with Crippen molar-refractivity contribution in [3.63, 3.8) is 0 Å². The Morgan fingerprint density at radius 2 is 0.774 bits per heavy atom. The van der Waals surface area contributed by atoms with Gasteiger partial charge in [0.15, 0.2) is 0 Å². The summed E-state index contributed by atoms with van der Waals surface area (Å²) >= 11 is 0. The van der Waals surface area contributed by atoms with Crippen molar-refractivity contribution in [3.05, 3.63) is 193 Å². The van der Waals surface area contributed by atoms with Gasteiger partial charge in [-0.1, -0.05) is 190 Å². The van der Waals surface area contributed by atoms with Crippen LogP contribution in [-0.2, 0) is 5.41 Å². The molecule has 0 saturated carbocycles. The quantitative estimate of drug-likeness (QED) is 0.129. The van der Waals surface area contributed by atoms with Crippen LogP contribution in [0.15, 0.2) is 182 Å². The first-order valence-electron chi connectivity index (χ1n) is 18.7. The van der Waals surface area contributed by atoms with Crippen LogP contribution in [-0.4, -0.2) is 0 Å². The standard InChI is InChI=1S/C53H36/c1-53(2)51-38-17-6-3-14-33(38)30-31-46(51)45-24-13-25-47(52(45)53)50-43-22-11-9-20-41(43)49(42-21-10-12-23-44(42)50)35-28-26-34(27-29-35)48-32-36-15-4-5-16-37(36)39-18-7-8-19-40(39)48/h3-32H,1-2H3. The molecular formula is C53H36. The van der Waals surface area contributed by atoms with E-state index in [4.69, 9.17) is 0 Å². The first-order valence-corrected chi connectivity index (χ1v) is 18.7. The molecule has 0 saturated heterocycles. The van der Waals surface area contributed by atoms with Crippen LogP contribution < -0.4 is 0 Å². The van der Waals surface area contributed by atoms with E-state index in [-0.39, 0.29) is 5.41 Å². The third-order valence-electron chi connectivity index (χ3n) is 12.0. The lowest BCUT2D eigenvalue weighted by molar-refractivity contribution is 0.668. The average molecular weight is 673 g/mol. The van der Waals surface area contributed by atoms with E-state index in [1.165, 1.54) is 109 Å². The van der Waals surface area contributed by atoms with Gasteiger partial charge in [-0.05, 0) is 116 Å². The summed E-state index contributed by atoms with van der Waals surface area (Å²) in [5, 5.41) is 12.9. The third kappa shape index (κ3) is 4.30. The van der Waals surface area contributed by atoms with E-state index in [2.05, 4.69) is 196 Å². The SMILES string of the molecule is CC1(C)c2c(cccc2-c2c3ccccc3c(-c3ccc(-c4cc5ccccc5c5ccccc45)cc3)c3ccccc23)-c2ccc3ccccc3c21. The van der Waals surface area contributed by atoms with E-state index < -0.39 is 0 Å². The summed E-state index contributed by atoms with van der Waals surface area (Å²) in [6, 6.07) is 67.8. The summed E-state index contributed by atoms with van der Waals surface area (Å²) in [6.07, 6.45) is 0. The molecule has 10 aromatic carbocycles. The summed E-state index contributed by atoms with van der Waals surface area (Å²) in [5.41, 5.74) is 13.0. The Kier molecular flexibility index (Phi) is 6.40. The van der Waals surface area contributed by atoms with Gasteiger partial charge in [0.2, 0.25) is 0 Å². The lowest BCUT2D eigenvalue weighted by Crippen LogP contribution is -2.17. The molecule has 0 amide bonds. The molecule has 0 fully saturated rings. The summed E-state index contributed by atoms with van der Waals surface area (Å²) in [7, 11) is 0. The van der Waals surface area contributed by atoms with Gasteiger partial charge in [0.25, 0.3) is 0 Å². The molecule has 11 rings (SSSR count). The minimum Gasteiger partial charge on any atom is -0.0616 e. The van der Waals surface area contributed by atoms with E-state index in [1.54, 1.807) is 0 Å². The van der Waals surface area contributed by atoms with Crippen LogP contribution in [0, 0.1) is 0 Å². The first kappa shape index (κ1) is 30.2. The van der Waals surface area contributed by atoms with Crippen molar-refractivity contribution in [1.29, 1.82) is 0 Å². The number of fused-ring (bicyclic) bond motifs is 10. The maximum absolute atomic E-state index is 2.42. The Balaban J connectivity index is 1.13. The molecule has 0 aromatic heterocycles. The second kappa shape index (κ2) is 11.2. The second-order valence-electron chi connectivity index (χ2n) is 15.2. The Morgan fingerprint density at radius 3 is 1.45 bits per heavy atom. The van der Waals surface area contributed by atoms with E-state index in [1.807, 2.05) is 0 Å². The molecule has 0 bridgehead atoms. The zero-order valence-corrected chi connectivity index (χ0v) is 29.8. The molecule has 0 unspecified atom stereocenters. The highest BCUT2D eigenvalue weighted by Crippen LogP contribution is 2.56. The highest BCUT2D eigenvalue weighted by Gasteiger charge is 2.39. The predicted molar refractivity (Wildman–Crippen MR) is 228 cm³/mol. The lowest BCUT2D eigenvalue weighted by Gasteiger charge is -2.27. The Labute approximate surface area is 309 Å². The van der Waals surface area contributed by atoms with Gasteiger partial charge >= 0.3 is 0 Å². The molecule has 0 heteroatoms. The summed E-state index contributed by atoms with van der Waals surface area (Å²) in [6.45, 7) is 4.85. The molecule has 0 heterocycles. The van der Waals surface area contributed by atoms with Gasteiger partial charge in [-0.2, -0.15) is 0 Å². The molecule has 0 radical (unpaired) electrons. The highest BCUT2D eigenvalue weighted by atomic mass is 14.4. The molecule has 0 atom stereocenters. The second-order valence-corrected chi connectivity index (χ2v) is 15.2. The largest absolute Gasteiger partial charge is 0.0616 e. The Hall–Kier alpha value is -6.50. The van der Waals surface area contributed by atoms with E-state index in [0.717, 1.165) is 0 Å². The number of hydrogen-bond acceptors (Lipinski definition) is 0. The summed E-state index contributed by atoms with van der Waals surface area (Å²) in [5.74, 6) is 0. The molecule has 10 aromatic rings. The van der Waals surface area contributed by atoms with Gasteiger partial charge in [0.1, 0.15) is 0 Å². The number of rotatable bonds is 3. The summed E-state index contributed by atoms with van der Waals surface area (Å²) in [4.78, 5) is 0. The zero-order valence-electron chi connectivity index (χ0n) is 29.8. The lowest BCUT2D eigenvalue weighted by atomic mass is 9.76. The van der Waals surface area contributed by atoms with Crippen LogP contribution in [0.1, 0.15) is 25.0 Å². The predicted octanol–water partition coefficient (Wildman–Crippen LogP) is 14.8. The topological polar surface area (TPSA) is 0 Å². The van der Waals surface area contributed by atoms with Crippen LogP contribution in [0.25, 0.3) is 98.4 Å². The van der Waals surface area contributed by atoms with Crippen LogP contribution in [0.4, 0.5) is 0 Å². The monoisotopic (exact) mass is 672 g/mol. The Bertz CT molecular complexity index is 3060.